The third kappa shape index (κ3) is 3.61. The Labute approximate surface area is 175 Å². The molecule has 4 rings (SSSR count). The predicted octanol–water partition coefficient (Wildman–Crippen LogP) is -0.00428. The van der Waals surface area contributed by atoms with Crippen molar-refractivity contribution in [2.75, 3.05) is 39.5 Å². The van der Waals surface area contributed by atoms with Crippen LogP contribution in [0.1, 0.15) is 12.1 Å². The van der Waals surface area contributed by atoms with E-state index in [1.54, 1.807) is 19.0 Å². The molecule has 3 aliphatic heterocycles. The number of hydrogen-bond donors (Lipinski definition) is 3. The third-order valence-corrected chi connectivity index (χ3v) is 5.36. The molecule has 1 fully saturated rings. The smallest absolute Gasteiger partial charge is 0.252 e. The third-order valence-electron chi connectivity index (χ3n) is 5.36. The van der Waals surface area contributed by atoms with Gasteiger partial charge in [0.1, 0.15) is 29.3 Å². The summed E-state index contributed by atoms with van der Waals surface area (Å²) >= 11 is 0. The molecule has 158 valence electrons. The standard InChI is InChI=1S/C20H26N8O2/c1-12-6-5-7-15(22-12)24-16-10-17(21-2)28-18(25-16)13(11-27(28)4)19(29)23-14-8-9-26(3)20(14)30/h5-7,10,14,25H,8-9,11H2,1-4H3,(H,22,24)(H,23,29). The van der Waals surface area contributed by atoms with E-state index in [1.807, 2.05) is 48.3 Å². The average molecular weight is 410 g/mol. The van der Waals surface area contributed by atoms with E-state index >= 15 is 0 Å². The Morgan fingerprint density at radius 1 is 1.33 bits per heavy atom. The monoisotopic (exact) mass is 410 g/mol. The van der Waals surface area contributed by atoms with Crippen molar-refractivity contribution in [2.45, 2.75) is 19.4 Å². The summed E-state index contributed by atoms with van der Waals surface area (Å²) in [6, 6.07) is 5.23. The second-order valence-electron chi connectivity index (χ2n) is 7.58. The number of amides is 2. The van der Waals surface area contributed by atoms with Gasteiger partial charge in [-0.3, -0.25) is 14.6 Å². The molecule has 2 amide bonds. The van der Waals surface area contributed by atoms with Gasteiger partial charge < -0.3 is 20.9 Å². The highest BCUT2D eigenvalue weighted by atomic mass is 16.2. The predicted molar refractivity (Wildman–Crippen MR) is 113 cm³/mol. The minimum Gasteiger partial charge on any atom is -0.344 e. The first-order valence-corrected chi connectivity index (χ1v) is 9.83. The van der Waals surface area contributed by atoms with Crippen LogP contribution in [0.25, 0.3) is 0 Å². The van der Waals surface area contributed by atoms with Gasteiger partial charge in [0.25, 0.3) is 5.91 Å². The van der Waals surface area contributed by atoms with Gasteiger partial charge in [-0.2, -0.15) is 0 Å². The minimum atomic E-state index is -0.484. The van der Waals surface area contributed by atoms with Crippen LogP contribution in [0.4, 0.5) is 5.82 Å². The lowest BCUT2D eigenvalue weighted by molar-refractivity contribution is -0.130. The first-order valence-electron chi connectivity index (χ1n) is 9.83. The summed E-state index contributed by atoms with van der Waals surface area (Å²) in [5.41, 5.74) is 1.44. The number of hydrazine groups is 1. The van der Waals surface area contributed by atoms with E-state index in [9.17, 15) is 9.59 Å². The number of aryl methyl sites for hydroxylation is 1. The highest BCUT2D eigenvalue weighted by molar-refractivity contribution is 6.02. The SMILES string of the molecule is CN=C1C=C(Nc2cccc(C)n2)NC2=C(C(=O)NC3CCN(C)C3=O)CN(C)N12. The quantitative estimate of drug-likeness (QED) is 0.642. The fourth-order valence-corrected chi connectivity index (χ4v) is 3.80. The Bertz CT molecular complexity index is 983. The summed E-state index contributed by atoms with van der Waals surface area (Å²) in [4.78, 5) is 35.7. The maximum Gasteiger partial charge on any atom is 0.252 e. The number of carbonyl (C=O) groups is 2. The zero-order chi connectivity index (χ0) is 21.4. The number of fused-ring (bicyclic) bond motifs is 1. The van der Waals surface area contributed by atoms with E-state index < -0.39 is 6.04 Å². The number of likely N-dealkylation sites (tertiary alicyclic amines) is 1. The van der Waals surface area contributed by atoms with E-state index in [2.05, 4.69) is 25.9 Å². The van der Waals surface area contributed by atoms with Gasteiger partial charge in [0.15, 0.2) is 0 Å². The topological polar surface area (TPSA) is 105 Å². The second kappa shape index (κ2) is 7.79. The largest absolute Gasteiger partial charge is 0.344 e. The maximum absolute atomic E-state index is 13.0. The molecule has 1 aromatic heterocycles. The highest BCUT2D eigenvalue weighted by Crippen LogP contribution is 2.26. The molecule has 0 aliphatic carbocycles. The van der Waals surface area contributed by atoms with Gasteiger partial charge in [0.2, 0.25) is 5.91 Å². The van der Waals surface area contributed by atoms with Crippen LogP contribution in [0.3, 0.4) is 0 Å². The highest BCUT2D eigenvalue weighted by Gasteiger charge is 2.38. The molecule has 30 heavy (non-hydrogen) atoms. The molecule has 3 aliphatic rings. The normalized spacial score (nSPS) is 22.9. The van der Waals surface area contributed by atoms with Crippen molar-refractivity contribution in [3.63, 3.8) is 0 Å². The lowest BCUT2D eigenvalue weighted by Gasteiger charge is -2.33. The van der Waals surface area contributed by atoms with E-state index in [-0.39, 0.29) is 11.8 Å². The van der Waals surface area contributed by atoms with Crippen LogP contribution in [0.5, 0.6) is 0 Å². The maximum atomic E-state index is 13.0. The Morgan fingerprint density at radius 2 is 2.13 bits per heavy atom. The fraction of sp³-hybridized carbons (Fsp3) is 0.400. The van der Waals surface area contributed by atoms with Gasteiger partial charge in [0, 0.05) is 39.5 Å². The Hall–Kier alpha value is -3.40. The molecule has 1 atom stereocenters. The average Bonchev–Trinajstić information content (AvgIpc) is 3.21. The van der Waals surface area contributed by atoms with Gasteiger partial charge in [-0.15, -0.1) is 0 Å². The number of anilines is 1. The van der Waals surface area contributed by atoms with Gasteiger partial charge >= 0.3 is 0 Å². The van der Waals surface area contributed by atoms with Crippen molar-refractivity contribution in [1.29, 1.82) is 0 Å². The van der Waals surface area contributed by atoms with Crippen molar-refractivity contribution in [3.05, 3.63) is 47.2 Å². The van der Waals surface area contributed by atoms with Crippen molar-refractivity contribution in [3.8, 4) is 0 Å². The molecule has 0 spiro atoms. The summed E-state index contributed by atoms with van der Waals surface area (Å²) < 4.78 is 0. The van der Waals surface area contributed by atoms with E-state index in [4.69, 9.17) is 0 Å². The van der Waals surface area contributed by atoms with Gasteiger partial charge in [-0.05, 0) is 25.5 Å². The number of carbonyl (C=O) groups excluding carboxylic acids is 2. The van der Waals surface area contributed by atoms with E-state index in [0.29, 0.717) is 48.4 Å². The molecule has 0 aromatic carbocycles. The summed E-state index contributed by atoms with van der Waals surface area (Å²) in [7, 11) is 5.34. The van der Waals surface area contributed by atoms with Crippen LogP contribution in [0.15, 0.2) is 46.5 Å². The Morgan fingerprint density at radius 3 is 2.80 bits per heavy atom. The lowest BCUT2D eigenvalue weighted by Crippen LogP contribution is -2.46. The van der Waals surface area contributed by atoms with Crippen LogP contribution in [-0.4, -0.2) is 77.8 Å². The molecule has 1 unspecified atom stereocenters. The number of aromatic nitrogens is 1. The Kier molecular flexibility index (Phi) is 5.17. The first-order chi connectivity index (χ1) is 14.4. The number of rotatable bonds is 4. The van der Waals surface area contributed by atoms with Crippen LogP contribution >= 0.6 is 0 Å². The van der Waals surface area contributed by atoms with Crippen LogP contribution in [-0.2, 0) is 9.59 Å². The van der Waals surface area contributed by atoms with Crippen molar-refractivity contribution in [2.24, 2.45) is 4.99 Å². The van der Waals surface area contributed by atoms with Gasteiger partial charge in [-0.25, -0.2) is 15.0 Å². The van der Waals surface area contributed by atoms with Gasteiger partial charge in [0.05, 0.1) is 12.1 Å². The van der Waals surface area contributed by atoms with E-state index in [1.165, 1.54) is 0 Å². The van der Waals surface area contributed by atoms with Crippen molar-refractivity contribution >= 4 is 23.5 Å². The zero-order valence-corrected chi connectivity index (χ0v) is 17.6. The fourth-order valence-electron chi connectivity index (χ4n) is 3.80. The van der Waals surface area contributed by atoms with Crippen LogP contribution < -0.4 is 16.0 Å². The second-order valence-corrected chi connectivity index (χ2v) is 7.58. The molecule has 1 aromatic rings. The Balaban J connectivity index is 1.60. The number of amidine groups is 1. The number of aliphatic imine (C=N–C) groups is 1. The molecule has 10 nitrogen and oxygen atoms in total. The molecule has 0 bridgehead atoms. The molecule has 0 radical (unpaired) electrons. The molecular formula is C20H26N8O2. The molecule has 10 heteroatoms. The summed E-state index contributed by atoms with van der Waals surface area (Å²) in [6.45, 7) is 2.97. The number of likely N-dealkylation sites (N-methyl/N-ethyl adjacent to an activating group) is 2. The van der Waals surface area contributed by atoms with Crippen molar-refractivity contribution < 1.29 is 9.59 Å². The van der Waals surface area contributed by atoms with Crippen LogP contribution in [0.2, 0.25) is 0 Å². The molecule has 3 N–H and O–H groups in total. The summed E-state index contributed by atoms with van der Waals surface area (Å²) in [5, 5.41) is 13.2. The van der Waals surface area contributed by atoms with E-state index in [0.717, 1.165) is 5.69 Å². The first kappa shape index (κ1) is 19.9. The molecule has 0 saturated carbocycles. The lowest BCUT2D eigenvalue weighted by atomic mass is 10.2. The summed E-state index contributed by atoms with van der Waals surface area (Å²) in [5.74, 6) is 2.34. The molecule has 1 saturated heterocycles. The summed E-state index contributed by atoms with van der Waals surface area (Å²) in [6.07, 6.45) is 2.48. The minimum absolute atomic E-state index is 0.0580. The van der Waals surface area contributed by atoms with Crippen LogP contribution in [0, 0.1) is 6.92 Å². The van der Waals surface area contributed by atoms with Crippen molar-refractivity contribution in [1.82, 2.24) is 30.5 Å². The number of hydrogen-bond acceptors (Lipinski definition) is 7. The number of pyridine rings is 1. The number of nitrogens with zero attached hydrogens (tertiary/aromatic N) is 5. The molecular weight excluding hydrogens is 384 g/mol. The van der Waals surface area contributed by atoms with Gasteiger partial charge in [-0.1, -0.05) is 6.07 Å². The number of nitrogens with one attached hydrogen (secondary N) is 3. The molecule has 4 heterocycles. The zero-order valence-electron chi connectivity index (χ0n) is 17.6.